The molecular formula is C18H31N. The largest absolute Gasteiger partial charge is 0.260 e. The number of nitrogens with zero attached hydrogens (tertiary/aromatic N) is 1. The first-order valence-electron chi connectivity index (χ1n) is 7.98. The molecule has 19 heavy (non-hydrogen) atoms. The van der Waals surface area contributed by atoms with Crippen LogP contribution in [0.25, 0.3) is 0 Å². The van der Waals surface area contributed by atoms with Gasteiger partial charge in [0.1, 0.15) is 0 Å². The van der Waals surface area contributed by atoms with E-state index in [9.17, 15) is 0 Å². The highest BCUT2D eigenvalue weighted by atomic mass is 14.7. The second-order valence-electron chi connectivity index (χ2n) is 6.14. The third kappa shape index (κ3) is 3.58. The van der Waals surface area contributed by atoms with Crippen molar-refractivity contribution in [3.8, 4) is 0 Å². The van der Waals surface area contributed by atoms with Gasteiger partial charge in [-0.25, -0.2) is 0 Å². The van der Waals surface area contributed by atoms with Crippen molar-refractivity contribution in [3.05, 3.63) is 29.6 Å². The molecule has 0 aliphatic heterocycles. The summed E-state index contributed by atoms with van der Waals surface area (Å²) in [5.74, 6) is 1.39. The van der Waals surface area contributed by atoms with Gasteiger partial charge >= 0.3 is 0 Å². The van der Waals surface area contributed by atoms with Gasteiger partial charge in [0.2, 0.25) is 0 Å². The minimum Gasteiger partial charge on any atom is -0.260 e. The summed E-state index contributed by atoms with van der Waals surface area (Å²) in [5, 5.41) is 0. The predicted molar refractivity (Wildman–Crippen MR) is 84.7 cm³/mol. The van der Waals surface area contributed by atoms with Crippen LogP contribution in [0.3, 0.4) is 0 Å². The third-order valence-corrected chi connectivity index (χ3v) is 5.16. The van der Waals surface area contributed by atoms with Crippen molar-refractivity contribution in [2.24, 2.45) is 5.92 Å². The number of pyridine rings is 1. The van der Waals surface area contributed by atoms with Crippen LogP contribution in [0, 0.1) is 5.92 Å². The Morgan fingerprint density at radius 3 is 2.05 bits per heavy atom. The van der Waals surface area contributed by atoms with Crippen molar-refractivity contribution in [1.29, 1.82) is 0 Å². The molecule has 1 aromatic heterocycles. The molecule has 0 aliphatic carbocycles. The summed E-state index contributed by atoms with van der Waals surface area (Å²) in [6, 6.07) is 4.57. The summed E-state index contributed by atoms with van der Waals surface area (Å²) in [4.78, 5) is 4.78. The molecular weight excluding hydrogens is 230 g/mol. The Bertz CT molecular complexity index is 362. The molecule has 1 nitrogen and oxygen atoms in total. The normalized spacial score (nSPS) is 15.3. The number of hydrogen-bond donors (Lipinski definition) is 0. The molecule has 1 aromatic rings. The molecule has 0 aromatic carbocycles. The van der Waals surface area contributed by atoms with Crippen molar-refractivity contribution >= 4 is 0 Å². The molecule has 0 fully saturated rings. The van der Waals surface area contributed by atoms with Crippen molar-refractivity contribution in [2.75, 3.05) is 0 Å². The van der Waals surface area contributed by atoms with Crippen LogP contribution in [0.5, 0.6) is 0 Å². The lowest BCUT2D eigenvalue weighted by Crippen LogP contribution is -2.21. The molecule has 0 saturated carbocycles. The number of hydrogen-bond acceptors (Lipinski definition) is 1. The van der Waals surface area contributed by atoms with E-state index in [1.54, 1.807) is 0 Å². The zero-order valence-electron chi connectivity index (χ0n) is 13.7. The van der Waals surface area contributed by atoms with E-state index in [2.05, 4.69) is 59.9 Å². The van der Waals surface area contributed by atoms with E-state index in [-0.39, 0.29) is 5.41 Å². The van der Waals surface area contributed by atoms with Crippen LogP contribution < -0.4 is 0 Å². The van der Waals surface area contributed by atoms with Gasteiger partial charge in [0.05, 0.1) is 0 Å². The van der Waals surface area contributed by atoms with Gasteiger partial charge in [0, 0.05) is 17.3 Å². The average molecular weight is 261 g/mol. The molecule has 2 unspecified atom stereocenters. The third-order valence-electron chi connectivity index (χ3n) is 5.16. The van der Waals surface area contributed by atoms with Crippen molar-refractivity contribution in [3.63, 3.8) is 0 Å². The van der Waals surface area contributed by atoms with Crippen LogP contribution in [0.4, 0.5) is 0 Å². The van der Waals surface area contributed by atoms with Crippen LogP contribution in [-0.4, -0.2) is 4.98 Å². The monoisotopic (exact) mass is 261 g/mol. The second kappa shape index (κ2) is 7.07. The van der Waals surface area contributed by atoms with Crippen LogP contribution in [0.1, 0.15) is 84.4 Å². The molecule has 0 saturated heterocycles. The molecule has 108 valence electrons. The fraction of sp³-hybridized carbons (Fsp3) is 0.722. The quantitative estimate of drug-likeness (QED) is 0.613. The molecule has 0 amide bonds. The summed E-state index contributed by atoms with van der Waals surface area (Å²) in [6.07, 6.45) is 6.87. The highest BCUT2D eigenvalue weighted by molar-refractivity contribution is 5.23. The molecule has 0 bridgehead atoms. The number of rotatable bonds is 7. The fourth-order valence-electron chi connectivity index (χ4n) is 2.85. The highest BCUT2D eigenvalue weighted by Crippen LogP contribution is 2.33. The van der Waals surface area contributed by atoms with Crippen LogP contribution in [0.15, 0.2) is 18.3 Å². The Morgan fingerprint density at radius 2 is 1.68 bits per heavy atom. The maximum atomic E-state index is 4.78. The fourth-order valence-corrected chi connectivity index (χ4v) is 2.85. The Hall–Kier alpha value is -0.850. The summed E-state index contributed by atoms with van der Waals surface area (Å²) < 4.78 is 0. The van der Waals surface area contributed by atoms with Gasteiger partial charge in [-0.3, -0.25) is 4.98 Å². The zero-order chi connectivity index (χ0) is 14.5. The summed E-state index contributed by atoms with van der Waals surface area (Å²) in [7, 11) is 0. The first-order valence-corrected chi connectivity index (χ1v) is 7.98. The average Bonchev–Trinajstić information content (AvgIpc) is 2.47. The van der Waals surface area contributed by atoms with Gasteiger partial charge in [-0.05, 0) is 42.7 Å². The first-order chi connectivity index (χ1) is 9.02. The van der Waals surface area contributed by atoms with E-state index >= 15 is 0 Å². The molecule has 2 atom stereocenters. The molecule has 0 spiro atoms. The highest BCUT2D eigenvalue weighted by Gasteiger charge is 2.24. The van der Waals surface area contributed by atoms with Gasteiger partial charge in [-0.2, -0.15) is 0 Å². The maximum Gasteiger partial charge on any atom is 0.0462 e. The Morgan fingerprint density at radius 1 is 1.05 bits per heavy atom. The topological polar surface area (TPSA) is 12.9 Å². The van der Waals surface area contributed by atoms with E-state index in [1.807, 2.05) is 0 Å². The van der Waals surface area contributed by atoms with Gasteiger partial charge in [0.25, 0.3) is 0 Å². The van der Waals surface area contributed by atoms with Gasteiger partial charge in [-0.15, -0.1) is 0 Å². The predicted octanol–water partition coefficient (Wildman–Crippen LogP) is 5.70. The lowest BCUT2D eigenvalue weighted by atomic mass is 9.80. The minimum atomic E-state index is 0.233. The summed E-state index contributed by atoms with van der Waals surface area (Å²) >= 11 is 0. The Balaban J connectivity index is 2.98. The van der Waals surface area contributed by atoms with Crippen LogP contribution in [-0.2, 0) is 5.41 Å². The number of aromatic nitrogens is 1. The Kier molecular flexibility index (Phi) is 6.03. The van der Waals surface area contributed by atoms with Crippen molar-refractivity contribution in [1.82, 2.24) is 4.98 Å². The van der Waals surface area contributed by atoms with E-state index in [1.165, 1.54) is 24.1 Å². The van der Waals surface area contributed by atoms with E-state index in [0.717, 1.165) is 18.8 Å². The lowest BCUT2D eigenvalue weighted by molar-refractivity contribution is 0.419. The maximum absolute atomic E-state index is 4.78. The van der Waals surface area contributed by atoms with E-state index < -0.39 is 0 Å². The van der Waals surface area contributed by atoms with Crippen molar-refractivity contribution < 1.29 is 0 Å². The smallest absolute Gasteiger partial charge is 0.0462 e. The lowest BCUT2D eigenvalue weighted by Gasteiger charge is -2.27. The van der Waals surface area contributed by atoms with Crippen LogP contribution >= 0.6 is 0 Å². The standard InChI is InChI=1S/C18H31N/c1-7-14(5)16(8-2)15-11-12-17(19-13-15)18(6,9-3)10-4/h11-14,16H,7-10H2,1-6H3. The minimum absolute atomic E-state index is 0.233. The molecule has 0 N–H and O–H groups in total. The molecule has 1 heteroatoms. The van der Waals surface area contributed by atoms with Gasteiger partial charge < -0.3 is 0 Å². The van der Waals surface area contributed by atoms with E-state index in [0.29, 0.717) is 5.92 Å². The summed E-state index contributed by atoms with van der Waals surface area (Å²) in [5.41, 5.74) is 2.90. The van der Waals surface area contributed by atoms with Crippen molar-refractivity contribution in [2.45, 2.75) is 78.6 Å². The Labute approximate surface area is 119 Å². The van der Waals surface area contributed by atoms with Crippen LogP contribution in [0.2, 0.25) is 0 Å². The SMILES string of the molecule is CCC(C)C(CC)c1ccc(C(C)(CC)CC)nc1. The first kappa shape index (κ1) is 16.2. The van der Waals surface area contributed by atoms with E-state index in [4.69, 9.17) is 4.98 Å². The van der Waals surface area contributed by atoms with Gasteiger partial charge in [-0.1, -0.05) is 54.0 Å². The molecule has 1 heterocycles. The molecule has 0 radical (unpaired) electrons. The molecule has 0 aliphatic rings. The second-order valence-corrected chi connectivity index (χ2v) is 6.14. The molecule has 1 rings (SSSR count). The zero-order valence-corrected chi connectivity index (χ0v) is 13.7. The van der Waals surface area contributed by atoms with Gasteiger partial charge in [0.15, 0.2) is 0 Å². The summed E-state index contributed by atoms with van der Waals surface area (Å²) in [6.45, 7) is 13.7.